The molecule has 0 bridgehead atoms. The van der Waals surface area contributed by atoms with Crippen LogP contribution in [-0.4, -0.2) is 51.5 Å². The maximum atomic E-state index is 12.5. The summed E-state index contributed by atoms with van der Waals surface area (Å²) in [6.45, 7) is 4.32. The van der Waals surface area contributed by atoms with Crippen LogP contribution < -0.4 is 5.32 Å². The number of urea groups is 1. The smallest absolute Gasteiger partial charge is 0.318 e. The van der Waals surface area contributed by atoms with Crippen molar-refractivity contribution in [2.45, 2.75) is 38.3 Å². The molecule has 2 atom stereocenters. The zero-order valence-electron chi connectivity index (χ0n) is 12.7. The molecule has 1 saturated carbocycles. The third-order valence-corrected chi connectivity index (χ3v) is 4.20. The van der Waals surface area contributed by atoms with E-state index in [-0.39, 0.29) is 12.1 Å². The average Bonchev–Trinajstić information content (AvgIpc) is 2.98. The molecule has 2 amide bonds. The second-order valence-electron chi connectivity index (χ2n) is 6.08. The first-order valence-electron chi connectivity index (χ1n) is 7.64. The van der Waals surface area contributed by atoms with E-state index in [4.69, 9.17) is 4.74 Å². The number of rotatable bonds is 5. The first-order valence-corrected chi connectivity index (χ1v) is 7.64. The number of aromatic nitrogens is 3. The second-order valence-corrected chi connectivity index (χ2v) is 6.08. The van der Waals surface area contributed by atoms with Crippen LogP contribution in [0.3, 0.4) is 0 Å². The van der Waals surface area contributed by atoms with E-state index in [0.29, 0.717) is 12.0 Å². The van der Waals surface area contributed by atoms with Crippen LogP contribution in [0.4, 0.5) is 4.79 Å². The molecular weight excluding hydrogens is 270 g/mol. The Labute approximate surface area is 124 Å². The van der Waals surface area contributed by atoms with Crippen molar-refractivity contribution in [3.8, 4) is 0 Å². The SMILES string of the molecule is C[C@@H](NC(=O)N(C[C@H]1CCOC1)C1CC1)c1nncn1C. The minimum absolute atomic E-state index is 0.0000926. The number of nitrogens with one attached hydrogen (secondary N) is 1. The molecule has 2 fully saturated rings. The summed E-state index contributed by atoms with van der Waals surface area (Å²) in [5.41, 5.74) is 0. The molecule has 7 heteroatoms. The van der Waals surface area contributed by atoms with Crippen LogP contribution in [0.15, 0.2) is 6.33 Å². The molecule has 21 heavy (non-hydrogen) atoms. The fraction of sp³-hybridized carbons (Fsp3) is 0.786. The van der Waals surface area contributed by atoms with Gasteiger partial charge in [0.1, 0.15) is 6.33 Å². The quantitative estimate of drug-likeness (QED) is 0.882. The number of hydrogen-bond acceptors (Lipinski definition) is 4. The molecule has 1 aromatic rings. The van der Waals surface area contributed by atoms with Crippen molar-refractivity contribution in [2.24, 2.45) is 13.0 Å². The van der Waals surface area contributed by atoms with Gasteiger partial charge in [0.05, 0.1) is 12.6 Å². The van der Waals surface area contributed by atoms with Gasteiger partial charge in [0.15, 0.2) is 5.82 Å². The van der Waals surface area contributed by atoms with Crippen molar-refractivity contribution in [1.82, 2.24) is 25.0 Å². The third kappa shape index (κ3) is 3.34. The predicted octanol–water partition coefficient (Wildman–Crippen LogP) is 1.09. The Morgan fingerprint density at radius 3 is 2.95 bits per heavy atom. The molecule has 0 spiro atoms. The zero-order chi connectivity index (χ0) is 14.8. The van der Waals surface area contributed by atoms with E-state index in [2.05, 4.69) is 15.5 Å². The zero-order valence-corrected chi connectivity index (χ0v) is 12.7. The van der Waals surface area contributed by atoms with Gasteiger partial charge in [0.25, 0.3) is 0 Å². The van der Waals surface area contributed by atoms with Gasteiger partial charge in [-0.3, -0.25) is 0 Å². The maximum absolute atomic E-state index is 12.5. The molecule has 0 unspecified atom stereocenters. The van der Waals surface area contributed by atoms with Gasteiger partial charge >= 0.3 is 6.03 Å². The summed E-state index contributed by atoms with van der Waals surface area (Å²) in [6.07, 6.45) is 4.92. The minimum Gasteiger partial charge on any atom is -0.381 e. The molecule has 1 N–H and O–H groups in total. The Kier molecular flexibility index (Phi) is 4.10. The first-order chi connectivity index (χ1) is 10.1. The Hall–Kier alpha value is -1.63. The molecule has 7 nitrogen and oxygen atoms in total. The lowest BCUT2D eigenvalue weighted by Crippen LogP contribution is -2.45. The summed E-state index contributed by atoms with van der Waals surface area (Å²) < 4.78 is 7.24. The van der Waals surface area contributed by atoms with Crippen LogP contribution in [0.5, 0.6) is 0 Å². The lowest BCUT2D eigenvalue weighted by molar-refractivity contribution is 0.160. The van der Waals surface area contributed by atoms with Crippen LogP contribution in [0, 0.1) is 5.92 Å². The molecule has 2 heterocycles. The van der Waals surface area contributed by atoms with Gasteiger partial charge in [-0.05, 0) is 26.2 Å². The largest absolute Gasteiger partial charge is 0.381 e. The van der Waals surface area contributed by atoms with Gasteiger partial charge in [-0.1, -0.05) is 0 Å². The van der Waals surface area contributed by atoms with E-state index >= 15 is 0 Å². The summed E-state index contributed by atoms with van der Waals surface area (Å²) in [6, 6.07) is 0.253. The van der Waals surface area contributed by atoms with Crippen LogP contribution in [0.25, 0.3) is 0 Å². The fourth-order valence-corrected chi connectivity index (χ4v) is 2.81. The summed E-state index contributed by atoms with van der Waals surface area (Å²) in [4.78, 5) is 14.5. The molecular formula is C14H23N5O2. The molecule has 1 aromatic heterocycles. The topological polar surface area (TPSA) is 72.3 Å². The normalized spacial score (nSPS) is 23.0. The van der Waals surface area contributed by atoms with Gasteiger partial charge in [-0.15, -0.1) is 10.2 Å². The highest BCUT2D eigenvalue weighted by atomic mass is 16.5. The summed E-state index contributed by atoms with van der Waals surface area (Å²) in [7, 11) is 1.88. The number of hydrogen-bond donors (Lipinski definition) is 1. The van der Waals surface area contributed by atoms with Crippen LogP contribution in [-0.2, 0) is 11.8 Å². The minimum atomic E-state index is -0.147. The van der Waals surface area contributed by atoms with E-state index in [1.807, 2.05) is 23.4 Å². The molecule has 3 rings (SSSR count). The monoisotopic (exact) mass is 293 g/mol. The fourth-order valence-electron chi connectivity index (χ4n) is 2.81. The highest BCUT2D eigenvalue weighted by molar-refractivity contribution is 5.75. The molecule has 1 saturated heterocycles. The first kappa shape index (κ1) is 14.3. The average molecular weight is 293 g/mol. The van der Waals surface area contributed by atoms with Crippen molar-refractivity contribution >= 4 is 6.03 Å². The van der Waals surface area contributed by atoms with Crippen LogP contribution in [0.2, 0.25) is 0 Å². The van der Waals surface area contributed by atoms with Gasteiger partial charge in [-0.25, -0.2) is 4.79 Å². The van der Waals surface area contributed by atoms with Gasteiger partial charge in [0, 0.05) is 32.2 Å². The van der Waals surface area contributed by atoms with E-state index in [0.717, 1.165) is 44.8 Å². The van der Waals surface area contributed by atoms with E-state index < -0.39 is 0 Å². The lowest BCUT2D eigenvalue weighted by atomic mass is 10.1. The Morgan fingerprint density at radius 1 is 1.57 bits per heavy atom. The van der Waals surface area contributed by atoms with Crippen molar-refractivity contribution in [1.29, 1.82) is 0 Å². The summed E-state index contributed by atoms with van der Waals surface area (Å²) >= 11 is 0. The third-order valence-electron chi connectivity index (χ3n) is 4.20. The highest BCUT2D eigenvalue weighted by Crippen LogP contribution is 2.29. The number of carbonyl (C=O) groups excluding carboxylic acids is 1. The Balaban J connectivity index is 1.60. The molecule has 1 aliphatic heterocycles. The van der Waals surface area contributed by atoms with E-state index in [9.17, 15) is 4.79 Å². The molecule has 0 radical (unpaired) electrons. The molecule has 0 aromatic carbocycles. The van der Waals surface area contributed by atoms with Crippen LogP contribution >= 0.6 is 0 Å². The number of aryl methyl sites for hydroxylation is 1. The maximum Gasteiger partial charge on any atom is 0.318 e. The number of ether oxygens (including phenoxy) is 1. The van der Waals surface area contributed by atoms with E-state index in [1.165, 1.54) is 0 Å². The van der Waals surface area contributed by atoms with Crippen molar-refractivity contribution in [2.75, 3.05) is 19.8 Å². The Morgan fingerprint density at radius 2 is 2.38 bits per heavy atom. The number of carbonyl (C=O) groups is 1. The van der Waals surface area contributed by atoms with Crippen LogP contribution in [0.1, 0.15) is 38.1 Å². The molecule has 2 aliphatic rings. The standard InChI is InChI=1S/C14H23N5O2/c1-10(13-17-15-9-18(13)2)16-14(20)19(12-3-4-12)7-11-5-6-21-8-11/h9-12H,3-8H2,1-2H3,(H,16,20)/t10-,11-/m1/s1. The number of nitrogens with zero attached hydrogens (tertiary/aromatic N) is 4. The molecule has 1 aliphatic carbocycles. The van der Waals surface area contributed by atoms with Crippen molar-refractivity contribution in [3.05, 3.63) is 12.2 Å². The number of amides is 2. The van der Waals surface area contributed by atoms with Crippen molar-refractivity contribution < 1.29 is 9.53 Å². The highest BCUT2D eigenvalue weighted by Gasteiger charge is 2.35. The van der Waals surface area contributed by atoms with Gasteiger partial charge in [-0.2, -0.15) is 0 Å². The van der Waals surface area contributed by atoms with Gasteiger partial charge in [0.2, 0.25) is 0 Å². The molecule has 116 valence electrons. The summed E-state index contributed by atoms with van der Waals surface area (Å²) in [5, 5.41) is 11.0. The van der Waals surface area contributed by atoms with E-state index in [1.54, 1.807) is 6.33 Å². The van der Waals surface area contributed by atoms with Gasteiger partial charge < -0.3 is 19.5 Å². The second kappa shape index (κ2) is 6.01. The van der Waals surface area contributed by atoms with Crippen molar-refractivity contribution in [3.63, 3.8) is 0 Å². The Bertz CT molecular complexity index is 493. The lowest BCUT2D eigenvalue weighted by Gasteiger charge is -2.27. The predicted molar refractivity (Wildman–Crippen MR) is 76.6 cm³/mol. The summed E-state index contributed by atoms with van der Waals surface area (Å²) in [5.74, 6) is 1.24.